The number of hydrogen-bond acceptors (Lipinski definition) is 2. The van der Waals surface area contributed by atoms with Gasteiger partial charge in [-0.3, -0.25) is 5.10 Å². The second kappa shape index (κ2) is 6.16. The second-order valence-corrected chi connectivity index (χ2v) is 5.57. The zero-order chi connectivity index (χ0) is 13.0. The summed E-state index contributed by atoms with van der Waals surface area (Å²) in [5.74, 6) is 0. The Labute approximate surface area is 116 Å². The Morgan fingerprint density at radius 1 is 1.28 bits per heavy atom. The van der Waals surface area contributed by atoms with Crippen LogP contribution in [0.15, 0.2) is 41.1 Å². The summed E-state index contributed by atoms with van der Waals surface area (Å²) in [6.07, 6.45) is 4.82. The van der Waals surface area contributed by atoms with Crippen LogP contribution in [0.25, 0.3) is 0 Å². The molecule has 2 aromatic rings. The molecular formula is C14H18BrN3. The van der Waals surface area contributed by atoms with Crippen molar-refractivity contribution in [2.45, 2.75) is 32.4 Å². The van der Waals surface area contributed by atoms with Gasteiger partial charge in [0.25, 0.3) is 0 Å². The SMILES string of the molecule is CC(Cc1ccc(Br)cc1)NC(C)c1cn[nH]c1. The summed E-state index contributed by atoms with van der Waals surface area (Å²) in [5.41, 5.74) is 2.54. The van der Waals surface area contributed by atoms with Gasteiger partial charge in [0.15, 0.2) is 0 Å². The Kier molecular flexibility index (Phi) is 4.55. The fourth-order valence-electron chi connectivity index (χ4n) is 2.05. The van der Waals surface area contributed by atoms with E-state index in [2.05, 4.69) is 69.6 Å². The van der Waals surface area contributed by atoms with E-state index >= 15 is 0 Å². The number of hydrogen-bond donors (Lipinski definition) is 2. The molecule has 1 heterocycles. The molecule has 0 amide bonds. The molecule has 2 rings (SSSR count). The Bertz CT molecular complexity index is 464. The van der Waals surface area contributed by atoms with Crippen LogP contribution in [0, 0.1) is 0 Å². The summed E-state index contributed by atoms with van der Waals surface area (Å²) >= 11 is 3.45. The van der Waals surface area contributed by atoms with E-state index in [1.807, 2.05) is 12.4 Å². The van der Waals surface area contributed by atoms with Crippen molar-refractivity contribution >= 4 is 15.9 Å². The fourth-order valence-corrected chi connectivity index (χ4v) is 2.32. The highest BCUT2D eigenvalue weighted by Gasteiger charge is 2.10. The van der Waals surface area contributed by atoms with Crippen LogP contribution >= 0.6 is 15.9 Å². The zero-order valence-corrected chi connectivity index (χ0v) is 12.2. The summed E-state index contributed by atoms with van der Waals surface area (Å²) in [6, 6.07) is 9.23. The predicted octanol–water partition coefficient (Wildman–Crippen LogP) is 3.45. The molecule has 96 valence electrons. The molecule has 0 aliphatic heterocycles. The molecule has 4 heteroatoms. The number of halogens is 1. The van der Waals surface area contributed by atoms with Crippen LogP contribution < -0.4 is 5.32 Å². The van der Waals surface area contributed by atoms with Gasteiger partial charge in [-0.1, -0.05) is 28.1 Å². The van der Waals surface area contributed by atoms with Crippen LogP contribution in [0.1, 0.15) is 31.0 Å². The maximum absolute atomic E-state index is 3.97. The van der Waals surface area contributed by atoms with Crippen LogP contribution in [0.5, 0.6) is 0 Å². The first-order valence-corrected chi connectivity index (χ1v) is 6.93. The molecule has 0 bridgehead atoms. The summed E-state index contributed by atoms with van der Waals surface area (Å²) in [7, 11) is 0. The van der Waals surface area contributed by atoms with E-state index in [-0.39, 0.29) is 0 Å². The van der Waals surface area contributed by atoms with E-state index in [4.69, 9.17) is 0 Å². The molecule has 2 atom stereocenters. The van der Waals surface area contributed by atoms with Crippen molar-refractivity contribution in [2.24, 2.45) is 0 Å². The largest absolute Gasteiger partial charge is 0.307 e. The smallest absolute Gasteiger partial charge is 0.0534 e. The van der Waals surface area contributed by atoms with E-state index in [1.54, 1.807) is 0 Å². The monoisotopic (exact) mass is 307 g/mol. The minimum Gasteiger partial charge on any atom is -0.307 e. The highest BCUT2D eigenvalue weighted by atomic mass is 79.9. The second-order valence-electron chi connectivity index (χ2n) is 4.65. The van der Waals surface area contributed by atoms with Crippen LogP contribution in [0.2, 0.25) is 0 Å². The number of H-pyrrole nitrogens is 1. The first-order valence-electron chi connectivity index (χ1n) is 6.14. The maximum atomic E-state index is 3.97. The molecule has 0 saturated heterocycles. The molecule has 0 aliphatic carbocycles. The van der Waals surface area contributed by atoms with Gasteiger partial charge in [-0.15, -0.1) is 0 Å². The third-order valence-electron chi connectivity index (χ3n) is 3.01. The Balaban J connectivity index is 1.88. The maximum Gasteiger partial charge on any atom is 0.0534 e. The van der Waals surface area contributed by atoms with Gasteiger partial charge in [0, 0.05) is 28.3 Å². The highest BCUT2D eigenvalue weighted by Crippen LogP contribution is 2.14. The molecule has 0 aliphatic rings. The van der Waals surface area contributed by atoms with Gasteiger partial charge in [0.2, 0.25) is 0 Å². The third kappa shape index (κ3) is 3.68. The summed E-state index contributed by atoms with van der Waals surface area (Å²) in [4.78, 5) is 0. The molecule has 0 radical (unpaired) electrons. The van der Waals surface area contributed by atoms with E-state index < -0.39 is 0 Å². The lowest BCUT2D eigenvalue weighted by Crippen LogP contribution is -2.30. The van der Waals surface area contributed by atoms with E-state index in [0.29, 0.717) is 12.1 Å². The van der Waals surface area contributed by atoms with Crippen molar-refractivity contribution in [1.29, 1.82) is 0 Å². The van der Waals surface area contributed by atoms with Crippen LogP contribution in [0.4, 0.5) is 0 Å². The van der Waals surface area contributed by atoms with Crippen molar-refractivity contribution in [2.75, 3.05) is 0 Å². The number of benzene rings is 1. The van der Waals surface area contributed by atoms with Gasteiger partial charge in [-0.2, -0.15) is 5.10 Å². The van der Waals surface area contributed by atoms with E-state index in [0.717, 1.165) is 10.9 Å². The summed E-state index contributed by atoms with van der Waals surface area (Å²) in [6.45, 7) is 4.36. The molecule has 2 unspecified atom stereocenters. The molecule has 0 fully saturated rings. The summed E-state index contributed by atoms with van der Waals surface area (Å²) in [5, 5.41) is 10.4. The minimum absolute atomic E-state index is 0.314. The van der Waals surface area contributed by atoms with Crippen LogP contribution in [0.3, 0.4) is 0 Å². The number of aromatic nitrogens is 2. The molecule has 2 N–H and O–H groups in total. The normalized spacial score (nSPS) is 14.4. The number of aromatic amines is 1. The molecule has 0 spiro atoms. The van der Waals surface area contributed by atoms with Crippen molar-refractivity contribution < 1.29 is 0 Å². The molecule has 1 aromatic heterocycles. The van der Waals surface area contributed by atoms with Gasteiger partial charge in [0.05, 0.1) is 6.20 Å². The van der Waals surface area contributed by atoms with Crippen molar-refractivity contribution in [3.8, 4) is 0 Å². The molecule has 3 nitrogen and oxygen atoms in total. The summed E-state index contributed by atoms with van der Waals surface area (Å²) < 4.78 is 1.12. The lowest BCUT2D eigenvalue weighted by atomic mass is 10.1. The third-order valence-corrected chi connectivity index (χ3v) is 3.54. The molecule has 0 saturated carbocycles. The van der Waals surface area contributed by atoms with Crippen molar-refractivity contribution in [3.05, 3.63) is 52.3 Å². The number of nitrogens with zero attached hydrogens (tertiary/aromatic N) is 1. The van der Waals surface area contributed by atoms with Crippen molar-refractivity contribution in [1.82, 2.24) is 15.5 Å². The molecule has 18 heavy (non-hydrogen) atoms. The van der Waals surface area contributed by atoms with Gasteiger partial charge in [-0.25, -0.2) is 0 Å². The lowest BCUT2D eigenvalue weighted by Gasteiger charge is -2.19. The van der Waals surface area contributed by atoms with Crippen molar-refractivity contribution in [3.63, 3.8) is 0 Å². The average Bonchev–Trinajstić information content (AvgIpc) is 2.85. The zero-order valence-electron chi connectivity index (χ0n) is 10.7. The number of rotatable bonds is 5. The number of nitrogens with one attached hydrogen (secondary N) is 2. The first kappa shape index (κ1) is 13.3. The quantitative estimate of drug-likeness (QED) is 0.888. The Morgan fingerprint density at radius 3 is 2.61 bits per heavy atom. The average molecular weight is 308 g/mol. The topological polar surface area (TPSA) is 40.7 Å². The molecule has 1 aromatic carbocycles. The fraction of sp³-hybridized carbons (Fsp3) is 0.357. The van der Waals surface area contributed by atoms with Crippen LogP contribution in [-0.4, -0.2) is 16.2 Å². The standard InChI is InChI=1S/C14H18BrN3/c1-10(7-12-3-5-14(15)6-4-12)18-11(2)13-8-16-17-9-13/h3-6,8-11,18H,7H2,1-2H3,(H,16,17). The van der Waals surface area contributed by atoms with E-state index in [1.165, 1.54) is 11.1 Å². The Morgan fingerprint density at radius 2 is 2.00 bits per heavy atom. The minimum atomic E-state index is 0.314. The lowest BCUT2D eigenvalue weighted by molar-refractivity contribution is 0.477. The first-order chi connectivity index (χ1) is 8.65. The van der Waals surface area contributed by atoms with E-state index in [9.17, 15) is 0 Å². The van der Waals surface area contributed by atoms with Gasteiger partial charge >= 0.3 is 0 Å². The Hall–Kier alpha value is -1.13. The molecular weight excluding hydrogens is 290 g/mol. The highest BCUT2D eigenvalue weighted by molar-refractivity contribution is 9.10. The van der Waals surface area contributed by atoms with Gasteiger partial charge in [-0.05, 0) is 38.0 Å². The van der Waals surface area contributed by atoms with Gasteiger partial charge in [0.1, 0.15) is 0 Å². The predicted molar refractivity (Wildman–Crippen MR) is 77.4 cm³/mol. The van der Waals surface area contributed by atoms with Gasteiger partial charge < -0.3 is 5.32 Å². The van der Waals surface area contributed by atoms with Crippen LogP contribution in [-0.2, 0) is 6.42 Å².